The Morgan fingerprint density at radius 1 is 1.00 bits per heavy atom. The van der Waals surface area contributed by atoms with Gasteiger partial charge in [0, 0.05) is 35.9 Å². The molecule has 0 radical (unpaired) electrons. The average Bonchev–Trinajstić information content (AvgIpc) is 2.90. The average molecular weight is 506 g/mol. The van der Waals surface area contributed by atoms with Crippen LogP contribution in [0.2, 0.25) is 0 Å². The predicted octanol–water partition coefficient (Wildman–Crippen LogP) is 4.95. The second-order valence-electron chi connectivity index (χ2n) is 9.32. The minimum absolute atomic E-state index is 0.0221. The molecular formula is C30H35NO6. The van der Waals surface area contributed by atoms with E-state index in [9.17, 15) is 9.59 Å². The molecule has 4 rings (SSSR count). The van der Waals surface area contributed by atoms with Crippen molar-refractivity contribution in [1.29, 1.82) is 0 Å². The molecule has 0 amide bonds. The molecule has 2 atom stereocenters. The number of dihydropyridines is 1. The molecule has 0 bridgehead atoms. The smallest absolute Gasteiger partial charge is 0.336 e. The maximum atomic E-state index is 13.8. The van der Waals surface area contributed by atoms with E-state index in [1.807, 2.05) is 63.2 Å². The molecule has 7 nitrogen and oxygen atoms in total. The fourth-order valence-electron chi connectivity index (χ4n) is 5.29. The summed E-state index contributed by atoms with van der Waals surface area (Å²) in [6.07, 6.45) is 0.979. The minimum Gasteiger partial charge on any atom is -0.493 e. The topological polar surface area (TPSA) is 83.1 Å². The molecule has 37 heavy (non-hydrogen) atoms. The van der Waals surface area contributed by atoms with E-state index >= 15 is 0 Å². The van der Waals surface area contributed by atoms with Crippen LogP contribution in [-0.4, -0.2) is 45.8 Å². The quantitative estimate of drug-likeness (QED) is 0.381. The first kappa shape index (κ1) is 26.5. The third-order valence-corrected chi connectivity index (χ3v) is 7.09. The summed E-state index contributed by atoms with van der Waals surface area (Å²) in [5, 5.41) is 3.40. The number of methoxy groups -OCH3 is 2. The Labute approximate surface area is 218 Å². The fourth-order valence-corrected chi connectivity index (χ4v) is 5.29. The van der Waals surface area contributed by atoms with Gasteiger partial charge in [0.2, 0.25) is 0 Å². The first-order valence-corrected chi connectivity index (χ1v) is 12.7. The van der Waals surface area contributed by atoms with Crippen LogP contribution in [0.5, 0.6) is 11.5 Å². The molecule has 1 aliphatic carbocycles. The van der Waals surface area contributed by atoms with E-state index < -0.39 is 11.9 Å². The summed E-state index contributed by atoms with van der Waals surface area (Å²) in [5.74, 6) is 0.359. The number of nitrogens with one attached hydrogen (secondary N) is 1. The first-order valence-electron chi connectivity index (χ1n) is 12.7. The highest BCUT2D eigenvalue weighted by Crippen LogP contribution is 2.47. The van der Waals surface area contributed by atoms with Gasteiger partial charge in [0.25, 0.3) is 0 Å². The zero-order chi connectivity index (χ0) is 26.5. The number of allylic oxidation sites excluding steroid dienone is 3. The molecule has 2 unspecified atom stereocenters. The number of benzene rings is 2. The Bertz CT molecular complexity index is 1240. The van der Waals surface area contributed by atoms with Gasteiger partial charge in [-0.25, -0.2) is 4.79 Å². The normalized spacial score (nSPS) is 19.3. The maximum Gasteiger partial charge on any atom is 0.336 e. The van der Waals surface area contributed by atoms with Crippen molar-refractivity contribution < 1.29 is 28.5 Å². The Morgan fingerprint density at radius 2 is 1.76 bits per heavy atom. The van der Waals surface area contributed by atoms with Crippen LogP contribution in [0.15, 0.2) is 65.0 Å². The molecule has 2 aromatic rings. The van der Waals surface area contributed by atoms with Crippen molar-refractivity contribution in [2.75, 3.05) is 34.0 Å². The number of ketones is 1. The second kappa shape index (κ2) is 11.6. The molecule has 0 saturated heterocycles. The number of hydrogen-bond donors (Lipinski definition) is 1. The van der Waals surface area contributed by atoms with Crippen LogP contribution in [0, 0.1) is 6.92 Å². The predicted molar refractivity (Wildman–Crippen MR) is 141 cm³/mol. The molecule has 0 spiro atoms. The van der Waals surface area contributed by atoms with E-state index in [1.165, 1.54) is 0 Å². The van der Waals surface area contributed by atoms with Gasteiger partial charge in [-0.1, -0.05) is 30.3 Å². The Hall–Kier alpha value is -3.58. The van der Waals surface area contributed by atoms with Gasteiger partial charge in [0.15, 0.2) is 17.3 Å². The van der Waals surface area contributed by atoms with Gasteiger partial charge in [-0.2, -0.15) is 0 Å². The van der Waals surface area contributed by atoms with E-state index in [4.69, 9.17) is 18.9 Å². The maximum absolute atomic E-state index is 13.8. The van der Waals surface area contributed by atoms with Crippen molar-refractivity contribution in [1.82, 2.24) is 5.32 Å². The standard InChI is InChI=1S/C30H35NO6/c1-6-36-13-14-37-30(33)27-19(3)31-23-15-21(20-11-12-25(34-4)26(17-20)35-5)16-24(32)29(23)28(27)22-10-8-7-9-18(22)2/h7-12,17,21,28,31H,6,13-16H2,1-5H3. The highest BCUT2D eigenvalue weighted by Gasteiger charge is 2.42. The number of aryl methyl sites for hydroxylation is 1. The molecule has 196 valence electrons. The Kier molecular flexibility index (Phi) is 8.34. The number of hydrogen-bond acceptors (Lipinski definition) is 7. The number of carbonyl (C=O) groups excluding carboxylic acids is 2. The summed E-state index contributed by atoms with van der Waals surface area (Å²) in [4.78, 5) is 27.1. The lowest BCUT2D eigenvalue weighted by Gasteiger charge is -2.37. The van der Waals surface area contributed by atoms with Crippen molar-refractivity contribution in [3.63, 3.8) is 0 Å². The van der Waals surface area contributed by atoms with Crippen molar-refractivity contribution in [3.8, 4) is 11.5 Å². The monoisotopic (exact) mass is 505 g/mol. The molecule has 2 aromatic carbocycles. The summed E-state index contributed by atoms with van der Waals surface area (Å²) < 4.78 is 21.8. The molecule has 7 heteroatoms. The van der Waals surface area contributed by atoms with Gasteiger partial charge >= 0.3 is 5.97 Å². The Balaban J connectivity index is 1.72. The van der Waals surface area contributed by atoms with Crippen LogP contribution in [-0.2, 0) is 19.1 Å². The number of ether oxygens (including phenoxy) is 4. The lowest BCUT2D eigenvalue weighted by molar-refractivity contribution is -0.140. The van der Waals surface area contributed by atoms with E-state index in [0.717, 1.165) is 22.4 Å². The summed E-state index contributed by atoms with van der Waals surface area (Å²) in [5.41, 5.74) is 5.64. The molecule has 0 fully saturated rings. The molecule has 2 aliphatic rings. The summed E-state index contributed by atoms with van der Waals surface area (Å²) >= 11 is 0. The summed E-state index contributed by atoms with van der Waals surface area (Å²) in [6, 6.07) is 13.7. The van der Waals surface area contributed by atoms with Crippen LogP contribution in [0.25, 0.3) is 0 Å². The number of esters is 1. The van der Waals surface area contributed by atoms with E-state index in [1.54, 1.807) is 14.2 Å². The van der Waals surface area contributed by atoms with E-state index in [-0.39, 0.29) is 18.3 Å². The van der Waals surface area contributed by atoms with Crippen LogP contribution < -0.4 is 14.8 Å². The van der Waals surface area contributed by atoms with Gasteiger partial charge in [0.05, 0.1) is 26.4 Å². The van der Waals surface area contributed by atoms with E-state index in [2.05, 4.69) is 5.32 Å². The molecule has 1 aliphatic heterocycles. The molecule has 0 saturated carbocycles. The molecule has 0 aromatic heterocycles. The minimum atomic E-state index is -0.490. The van der Waals surface area contributed by atoms with Gasteiger partial charge in [-0.3, -0.25) is 4.79 Å². The van der Waals surface area contributed by atoms with Crippen LogP contribution in [0.1, 0.15) is 55.2 Å². The number of rotatable bonds is 9. The fraction of sp³-hybridized carbons (Fsp3) is 0.400. The van der Waals surface area contributed by atoms with Crippen molar-refractivity contribution in [2.45, 2.75) is 45.4 Å². The molecule has 1 heterocycles. The first-order chi connectivity index (χ1) is 17.9. The number of Topliss-reactive ketones (excluding diaryl/α,β-unsaturated/α-hetero) is 1. The second-order valence-corrected chi connectivity index (χ2v) is 9.32. The molecular weight excluding hydrogens is 470 g/mol. The Morgan fingerprint density at radius 3 is 2.46 bits per heavy atom. The van der Waals surface area contributed by atoms with Crippen LogP contribution in [0.3, 0.4) is 0 Å². The lowest BCUT2D eigenvalue weighted by Crippen LogP contribution is -2.36. The van der Waals surface area contributed by atoms with Gasteiger partial charge < -0.3 is 24.3 Å². The van der Waals surface area contributed by atoms with Gasteiger partial charge in [-0.05, 0) is 61.9 Å². The summed E-state index contributed by atoms with van der Waals surface area (Å²) in [7, 11) is 3.21. The van der Waals surface area contributed by atoms with Gasteiger partial charge in [-0.15, -0.1) is 0 Å². The third-order valence-electron chi connectivity index (χ3n) is 7.09. The zero-order valence-corrected chi connectivity index (χ0v) is 22.2. The van der Waals surface area contributed by atoms with Crippen molar-refractivity contribution >= 4 is 11.8 Å². The van der Waals surface area contributed by atoms with E-state index in [0.29, 0.717) is 54.4 Å². The number of carbonyl (C=O) groups is 2. The summed E-state index contributed by atoms with van der Waals surface area (Å²) in [6.45, 7) is 6.82. The van der Waals surface area contributed by atoms with Crippen molar-refractivity contribution in [3.05, 3.63) is 81.7 Å². The highest BCUT2D eigenvalue weighted by atomic mass is 16.6. The van der Waals surface area contributed by atoms with Gasteiger partial charge in [0.1, 0.15) is 6.61 Å². The van der Waals surface area contributed by atoms with Crippen molar-refractivity contribution in [2.24, 2.45) is 0 Å². The lowest BCUT2D eigenvalue weighted by atomic mass is 9.71. The molecule has 1 N–H and O–H groups in total. The third kappa shape index (κ3) is 5.42. The van der Waals surface area contributed by atoms with Crippen LogP contribution >= 0.6 is 0 Å². The largest absolute Gasteiger partial charge is 0.493 e. The zero-order valence-electron chi connectivity index (χ0n) is 22.2. The SMILES string of the molecule is CCOCCOC(=O)C1=C(C)NC2=C(C(=O)CC(c3ccc(OC)c(OC)c3)C2)C1c1ccccc1C. The highest BCUT2D eigenvalue weighted by molar-refractivity contribution is 6.04. The van der Waals surface area contributed by atoms with Crippen LogP contribution in [0.4, 0.5) is 0 Å².